The van der Waals surface area contributed by atoms with E-state index in [0.29, 0.717) is 5.82 Å². The number of aromatic nitrogens is 2. The first-order valence-electron chi connectivity index (χ1n) is 5.01. The van der Waals surface area contributed by atoms with Crippen LogP contribution in [0.4, 0.5) is 0 Å². The SMILES string of the molecule is COC(C)c1noc(-c2cccc(O)c2O)n1. The number of hydrogen-bond acceptors (Lipinski definition) is 6. The first-order valence-corrected chi connectivity index (χ1v) is 5.01. The van der Waals surface area contributed by atoms with E-state index >= 15 is 0 Å². The number of rotatable bonds is 3. The second kappa shape index (κ2) is 4.42. The lowest BCUT2D eigenvalue weighted by atomic mass is 10.2. The van der Waals surface area contributed by atoms with Gasteiger partial charge in [-0.3, -0.25) is 0 Å². The molecule has 1 heterocycles. The Morgan fingerprint density at radius 3 is 2.82 bits per heavy atom. The van der Waals surface area contributed by atoms with Gasteiger partial charge in [0.25, 0.3) is 5.89 Å². The number of para-hydroxylation sites is 1. The highest BCUT2D eigenvalue weighted by Gasteiger charge is 2.17. The van der Waals surface area contributed by atoms with Gasteiger partial charge in [0.05, 0.1) is 5.56 Å². The van der Waals surface area contributed by atoms with Crippen molar-refractivity contribution in [2.45, 2.75) is 13.0 Å². The van der Waals surface area contributed by atoms with Crippen LogP contribution in [0.1, 0.15) is 18.9 Å². The monoisotopic (exact) mass is 236 g/mol. The molecule has 1 aromatic carbocycles. The lowest BCUT2D eigenvalue weighted by Gasteiger charge is -2.02. The van der Waals surface area contributed by atoms with Crippen molar-refractivity contribution in [3.8, 4) is 23.0 Å². The zero-order valence-corrected chi connectivity index (χ0v) is 9.41. The fourth-order valence-corrected chi connectivity index (χ4v) is 1.32. The molecule has 0 aliphatic heterocycles. The van der Waals surface area contributed by atoms with Gasteiger partial charge in [-0.2, -0.15) is 4.98 Å². The van der Waals surface area contributed by atoms with Gasteiger partial charge < -0.3 is 19.5 Å². The van der Waals surface area contributed by atoms with Gasteiger partial charge >= 0.3 is 0 Å². The van der Waals surface area contributed by atoms with E-state index in [9.17, 15) is 10.2 Å². The maximum Gasteiger partial charge on any atom is 0.261 e. The summed E-state index contributed by atoms with van der Waals surface area (Å²) in [6.07, 6.45) is -0.299. The molecule has 1 atom stereocenters. The molecule has 0 spiro atoms. The average molecular weight is 236 g/mol. The van der Waals surface area contributed by atoms with Gasteiger partial charge in [-0.05, 0) is 19.1 Å². The Bertz CT molecular complexity index is 524. The molecule has 0 amide bonds. The maximum absolute atomic E-state index is 9.65. The van der Waals surface area contributed by atoms with Gasteiger partial charge in [0, 0.05) is 7.11 Å². The summed E-state index contributed by atoms with van der Waals surface area (Å²) in [6, 6.07) is 4.52. The van der Waals surface area contributed by atoms with Gasteiger partial charge in [-0.25, -0.2) is 0 Å². The molecule has 0 aliphatic carbocycles. The Balaban J connectivity index is 2.40. The van der Waals surface area contributed by atoms with Crippen molar-refractivity contribution in [3.05, 3.63) is 24.0 Å². The summed E-state index contributed by atoms with van der Waals surface area (Å²) in [5.74, 6) is -0.00245. The number of methoxy groups -OCH3 is 1. The zero-order valence-electron chi connectivity index (χ0n) is 9.41. The topological polar surface area (TPSA) is 88.6 Å². The molecule has 1 unspecified atom stereocenters. The number of aromatic hydroxyl groups is 2. The lowest BCUT2D eigenvalue weighted by molar-refractivity contribution is 0.109. The summed E-state index contributed by atoms with van der Waals surface area (Å²) in [4.78, 5) is 4.08. The van der Waals surface area contributed by atoms with Crippen LogP contribution in [-0.4, -0.2) is 27.5 Å². The van der Waals surface area contributed by atoms with E-state index in [-0.39, 0.29) is 29.1 Å². The second-order valence-electron chi connectivity index (χ2n) is 3.51. The van der Waals surface area contributed by atoms with Crippen LogP contribution in [0.5, 0.6) is 11.5 Å². The first-order chi connectivity index (χ1) is 8.13. The fourth-order valence-electron chi connectivity index (χ4n) is 1.32. The number of ether oxygens (including phenoxy) is 1. The fraction of sp³-hybridized carbons (Fsp3) is 0.273. The maximum atomic E-state index is 9.65. The van der Waals surface area contributed by atoms with Crippen molar-refractivity contribution >= 4 is 0 Å². The number of phenols is 2. The predicted molar refractivity (Wildman–Crippen MR) is 58.5 cm³/mol. The van der Waals surface area contributed by atoms with Crippen LogP contribution in [0.2, 0.25) is 0 Å². The van der Waals surface area contributed by atoms with E-state index in [1.165, 1.54) is 13.2 Å². The van der Waals surface area contributed by atoms with Crippen LogP contribution in [-0.2, 0) is 4.74 Å². The van der Waals surface area contributed by atoms with E-state index in [2.05, 4.69) is 10.1 Å². The van der Waals surface area contributed by atoms with Crippen LogP contribution in [0.25, 0.3) is 11.5 Å². The molecule has 90 valence electrons. The van der Waals surface area contributed by atoms with Crippen molar-refractivity contribution in [2.24, 2.45) is 0 Å². The molecule has 0 bridgehead atoms. The molecule has 0 saturated heterocycles. The molecule has 0 saturated carbocycles. The summed E-state index contributed by atoms with van der Waals surface area (Å²) < 4.78 is 10.0. The van der Waals surface area contributed by atoms with E-state index in [4.69, 9.17) is 9.26 Å². The van der Waals surface area contributed by atoms with Crippen molar-refractivity contribution in [1.82, 2.24) is 10.1 Å². The van der Waals surface area contributed by atoms with Crippen LogP contribution in [0, 0.1) is 0 Å². The van der Waals surface area contributed by atoms with E-state index < -0.39 is 0 Å². The largest absolute Gasteiger partial charge is 0.504 e. The predicted octanol–water partition coefficient (Wildman–Crippen LogP) is 1.86. The van der Waals surface area contributed by atoms with Gasteiger partial charge in [0.1, 0.15) is 6.10 Å². The molecule has 0 radical (unpaired) electrons. The number of benzene rings is 1. The minimum Gasteiger partial charge on any atom is -0.504 e. The molecule has 6 heteroatoms. The third-order valence-electron chi connectivity index (χ3n) is 2.40. The second-order valence-corrected chi connectivity index (χ2v) is 3.51. The van der Waals surface area contributed by atoms with Gasteiger partial charge in [-0.1, -0.05) is 11.2 Å². The molecule has 2 rings (SSSR count). The van der Waals surface area contributed by atoms with E-state index in [1.54, 1.807) is 19.1 Å². The summed E-state index contributed by atoms with van der Waals surface area (Å²) in [5, 5.41) is 22.7. The van der Waals surface area contributed by atoms with E-state index in [1.807, 2.05) is 0 Å². The van der Waals surface area contributed by atoms with Gasteiger partial charge in [-0.15, -0.1) is 0 Å². The summed E-state index contributed by atoms with van der Waals surface area (Å²) in [6.45, 7) is 1.77. The quantitative estimate of drug-likeness (QED) is 0.790. The molecular formula is C11H12N2O4. The highest BCUT2D eigenvalue weighted by atomic mass is 16.5. The number of nitrogens with zero attached hydrogens (tertiary/aromatic N) is 2. The third kappa shape index (κ3) is 2.07. The van der Waals surface area contributed by atoms with Crippen LogP contribution in [0.15, 0.2) is 22.7 Å². The summed E-state index contributed by atoms with van der Waals surface area (Å²) in [7, 11) is 1.53. The molecule has 6 nitrogen and oxygen atoms in total. The first kappa shape index (κ1) is 11.4. The zero-order chi connectivity index (χ0) is 12.4. The van der Waals surface area contributed by atoms with Crippen LogP contribution >= 0.6 is 0 Å². The molecule has 1 aromatic heterocycles. The van der Waals surface area contributed by atoms with Gasteiger partial charge in [0.15, 0.2) is 11.5 Å². The van der Waals surface area contributed by atoms with Crippen LogP contribution in [0.3, 0.4) is 0 Å². The highest BCUT2D eigenvalue weighted by molar-refractivity contribution is 5.66. The van der Waals surface area contributed by atoms with Crippen molar-refractivity contribution in [3.63, 3.8) is 0 Å². The molecule has 0 fully saturated rings. The smallest absolute Gasteiger partial charge is 0.261 e. The minimum atomic E-state index is -0.299. The molecular weight excluding hydrogens is 224 g/mol. The third-order valence-corrected chi connectivity index (χ3v) is 2.40. The number of phenolic OH excluding ortho intramolecular Hbond substituents is 2. The molecule has 2 N–H and O–H groups in total. The normalized spacial score (nSPS) is 12.6. The Morgan fingerprint density at radius 2 is 2.12 bits per heavy atom. The summed E-state index contributed by atoms with van der Waals surface area (Å²) in [5.41, 5.74) is 0.284. The molecule has 0 aliphatic rings. The Morgan fingerprint density at radius 1 is 1.35 bits per heavy atom. The highest BCUT2D eigenvalue weighted by Crippen LogP contribution is 2.35. The van der Waals surface area contributed by atoms with E-state index in [0.717, 1.165) is 0 Å². The molecule has 2 aromatic rings. The standard InChI is InChI=1S/C11H12N2O4/c1-6(16-2)10-12-11(17-13-10)7-4-3-5-8(14)9(7)15/h3-6,14-15H,1-2H3. The average Bonchev–Trinajstić information content (AvgIpc) is 2.81. The lowest BCUT2D eigenvalue weighted by Crippen LogP contribution is -1.97. The Labute approximate surface area is 97.5 Å². The van der Waals surface area contributed by atoms with Crippen LogP contribution < -0.4 is 0 Å². The summed E-state index contributed by atoms with van der Waals surface area (Å²) >= 11 is 0. The van der Waals surface area contributed by atoms with Crippen molar-refractivity contribution in [2.75, 3.05) is 7.11 Å². The minimum absolute atomic E-state index is 0.136. The van der Waals surface area contributed by atoms with Crippen molar-refractivity contribution < 1.29 is 19.5 Å². The Kier molecular flexibility index (Phi) is 2.97. The Hall–Kier alpha value is -2.08. The molecule has 17 heavy (non-hydrogen) atoms. The number of hydrogen-bond donors (Lipinski definition) is 2. The van der Waals surface area contributed by atoms with Crippen molar-refractivity contribution in [1.29, 1.82) is 0 Å². The van der Waals surface area contributed by atoms with Gasteiger partial charge in [0.2, 0.25) is 5.82 Å².